The molecular formula is C31H35BrClN3O4S. The van der Waals surface area contributed by atoms with Gasteiger partial charge < -0.3 is 10.2 Å². The number of sulfonamides is 1. The van der Waals surface area contributed by atoms with Crippen molar-refractivity contribution in [3.63, 3.8) is 0 Å². The van der Waals surface area contributed by atoms with Crippen LogP contribution in [0.25, 0.3) is 0 Å². The summed E-state index contributed by atoms with van der Waals surface area (Å²) in [6, 6.07) is 19.5. The Kier molecular flexibility index (Phi) is 10.5. The predicted octanol–water partition coefficient (Wildman–Crippen LogP) is 6.47. The Labute approximate surface area is 256 Å². The summed E-state index contributed by atoms with van der Waals surface area (Å²) in [7, 11) is -4.13. The molecule has 0 bridgehead atoms. The molecule has 1 atom stereocenters. The fourth-order valence-electron chi connectivity index (χ4n) is 4.96. The van der Waals surface area contributed by atoms with Crippen LogP contribution in [-0.4, -0.2) is 43.8 Å². The largest absolute Gasteiger partial charge is 0.352 e. The first kappa shape index (κ1) is 31.1. The summed E-state index contributed by atoms with van der Waals surface area (Å²) in [5.41, 5.74) is 2.02. The molecule has 3 aromatic carbocycles. The van der Waals surface area contributed by atoms with Crippen LogP contribution in [-0.2, 0) is 26.2 Å². The molecule has 0 heterocycles. The van der Waals surface area contributed by atoms with Gasteiger partial charge in [0.15, 0.2) is 0 Å². The monoisotopic (exact) mass is 659 g/mol. The van der Waals surface area contributed by atoms with Crippen LogP contribution in [0.4, 0.5) is 5.69 Å². The minimum absolute atomic E-state index is 0.0625. The Morgan fingerprint density at radius 2 is 1.66 bits per heavy atom. The lowest BCUT2D eigenvalue weighted by Crippen LogP contribution is -2.53. The number of carbonyl (C=O) groups is 2. The van der Waals surface area contributed by atoms with Crippen LogP contribution in [0.3, 0.4) is 0 Å². The van der Waals surface area contributed by atoms with E-state index in [0.29, 0.717) is 10.7 Å². The van der Waals surface area contributed by atoms with Crippen LogP contribution >= 0.6 is 27.5 Å². The number of nitrogens with zero attached hydrogens (tertiary/aromatic N) is 2. The average molecular weight is 661 g/mol. The number of benzene rings is 3. The number of hydrogen-bond donors (Lipinski definition) is 1. The number of hydrogen-bond acceptors (Lipinski definition) is 4. The van der Waals surface area contributed by atoms with Gasteiger partial charge in [-0.3, -0.25) is 13.9 Å². The molecule has 1 aliphatic rings. The zero-order chi connectivity index (χ0) is 29.6. The number of amides is 2. The van der Waals surface area contributed by atoms with E-state index >= 15 is 0 Å². The van der Waals surface area contributed by atoms with Gasteiger partial charge in [-0.05, 0) is 80.8 Å². The first-order valence-corrected chi connectivity index (χ1v) is 16.3. The molecule has 1 N–H and O–H groups in total. The molecule has 1 unspecified atom stereocenters. The highest BCUT2D eigenvalue weighted by molar-refractivity contribution is 9.10. The van der Waals surface area contributed by atoms with Gasteiger partial charge in [0, 0.05) is 22.1 Å². The Morgan fingerprint density at radius 3 is 2.29 bits per heavy atom. The van der Waals surface area contributed by atoms with E-state index in [4.69, 9.17) is 11.6 Å². The third-order valence-corrected chi connectivity index (χ3v) is 9.90. The molecular weight excluding hydrogens is 626 g/mol. The lowest BCUT2D eigenvalue weighted by Gasteiger charge is -2.33. The van der Waals surface area contributed by atoms with Crippen molar-refractivity contribution in [3.05, 3.63) is 93.4 Å². The minimum Gasteiger partial charge on any atom is -0.352 e. The van der Waals surface area contributed by atoms with Crippen molar-refractivity contribution in [1.29, 1.82) is 0 Å². The van der Waals surface area contributed by atoms with E-state index in [0.717, 1.165) is 52.0 Å². The second-order valence-electron chi connectivity index (χ2n) is 10.5. The summed E-state index contributed by atoms with van der Waals surface area (Å²) in [6.07, 6.45) is 5.11. The van der Waals surface area contributed by atoms with E-state index in [9.17, 15) is 18.0 Å². The Bertz CT molecular complexity index is 1460. The zero-order valence-corrected chi connectivity index (χ0v) is 26.4. The SMILES string of the molecule is Cc1ccc(S(=O)(=O)N(CC(=O)N(Cc2cccc(Br)c2)C(C)C(=O)NC2CCCCC2)c2ccc(Cl)cc2)cc1. The molecule has 3 aromatic rings. The molecule has 10 heteroatoms. The number of nitrogens with one attached hydrogen (secondary N) is 1. The highest BCUT2D eigenvalue weighted by atomic mass is 79.9. The molecule has 0 aromatic heterocycles. The molecule has 0 saturated heterocycles. The first-order chi connectivity index (χ1) is 19.5. The molecule has 0 radical (unpaired) electrons. The molecule has 218 valence electrons. The van der Waals surface area contributed by atoms with Crippen molar-refractivity contribution < 1.29 is 18.0 Å². The maximum Gasteiger partial charge on any atom is 0.264 e. The number of carbonyl (C=O) groups excluding carboxylic acids is 2. The van der Waals surface area contributed by atoms with E-state index < -0.39 is 28.5 Å². The van der Waals surface area contributed by atoms with Crippen LogP contribution in [0.1, 0.15) is 50.2 Å². The molecule has 0 spiro atoms. The second-order valence-corrected chi connectivity index (χ2v) is 13.7. The summed E-state index contributed by atoms with van der Waals surface area (Å²) in [6.45, 7) is 3.20. The highest BCUT2D eigenvalue weighted by Gasteiger charge is 2.33. The summed E-state index contributed by atoms with van der Waals surface area (Å²) in [4.78, 5) is 29.0. The van der Waals surface area contributed by atoms with Crippen molar-refractivity contribution in [3.8, 4) is 0 Å². The van der Waals surface area contributed by atoms with Crippen LogP contribution in [0.15, 0.2) is 82.2 Å². The molecule has 0 aliphatic heterocycles. The van der Waals surface area contributed by atoms with Crippen LogP contribution in [0.2, 0.25) is 5.02 Å². The number of anilines is 1. The van der Waals surface area contributed by atoms with Crippen molar-refractivity contribution in [1.82, 2.24) is 10.2 Å². The summed E-state index contributed by atoms with van der Waals surface area (Å²) >= 11 is 9.56. The van der Waals surface area contributed by atoms with E-state index in [1.54, 1.807) is 43.3 Å². The highest BCUT2D eigenvalue weighted by Crippen LogP contribution is 2.27. The number of halogens is 2. The third-order valence-electron chi connectivity index (χ3n) is 7.36. The van der Waals surface area contributed by atoms with E-state index in [1.165, 1.54) is 17.0 Å². The normalized spacial score (nSPS) is 14.7. The fourth-order valence-corrected chi connectivity index (χ4v) is 6.94. The number of aryl methyl sites for hydroxylation is 1. The molecule has 41 heavy (non-hydrogen) atoms. The van der Waals surface area contributed by atoms with Crippen molar-refractivity contribution in [2.24, 2.45) is 0 Å². The predicted molar refractivity (Wildman–Crippen MR) is 166 cm³/mol. The van der Waals surface area contributed by atoms with Crippen LogP contribution < -0.4 is 9.62 Å². The van der Waals surface area contributed by atoms with Gasteiger partial charge in [-0.2, -0.15) is 0 Å². The van der Waals surface area contributed by atoms with Gasteiger partial charge in [-0.15, -0.1) is 0 Å². The van der Waals surface area contributed by atoms with E-state index in [1.807, 2.05) is 31.2 Å². The summed E-state index contributed by atoms with van der Waals surface area (Å²) in [5.74, 6) is -0.749. The van der Waals surface area contributed by atoms with Crippen molar-refractivity contribution in [2.45, 2.75) is 69.5 Å². The van der Waals surface area contributed by atoms with Gasteiger partial charge in [-0.25, -0.2) is 8.42 Å². The minimum atomic E-state index is -4.13. The maximum absolute atomic E-state index is 14.1. The Hall–Kier alpha value is -2.88. The lowest BCUT2D eigenvalue weighted by atomic mass is 9.95. The van der Waals surface area contributed by atoms with Gasteiger partial charge in [0.1, 0.15) is 12.6 Å². The van der Waals surface area contributed by atoms with Crippen molar-refractivity contribution >= 4 is 55.1 Å². The maximum atomic E-state index is 14.1. The molecule has 1 aliphatic carbocycles. The molecule has 1 fully saturated rings. The Morgan fingerprint density at radius 1 is 1.00 bits per heavy atom. The third kappa shape index (κ3) is 8.11. The number of rotatable bonds is 10. The van der Waals surface area contributed by atoms with Crippen LogP contribution in [0.5, 0.6) is 0 Å². The van der Waals surface area contributed by atoms with Gasteiger partial charge in [0.25, 0.3) is 10.0 Å². The topological polar surface area (TPSA) is 86.8 Å². The molecule has 7 nitrogen and oxygen atoms in total. The Balaban J connectivity index is 1.67. The summed E-state index contributed by atoms with van der Waals surface area (Å²) < 4.78 is 29.7. The molecule has 4 rings (SSSR count). The smallest absolute Gasteiger partial charge is 0.264 e. The van der Waals surface area contributed by atoms with Crippen LogP contribution in [0, 0.1) is 6.92 Å². The van der Waals surface area contributed by atoms with Gasteiger partial charge in [-0.1, -0.05) is 76.6 Å². The van der Waals surface area contributed by atoms with Gasteiger partial charge >= 0.3 is 0 Å². The van der Waals surface area contributed by atoms with Gasteiger partial charge in [0.2, 0.25) is 11.8 Å². The molecule has 2 amide bonds. The first-order valence-electron chi connectivity index (χ1n) is 13.7. The van der Waals surface area contributed by atoms with E-state index in [2.05, 4.69) is 21.2 Å². The van der Waals surface area contributed by atoms with Gasteiger partial charge in [0.05, 0.1) is 10.6 Å². The summed E-state index contributed by atoms with van der Waals surface area (Å²) in [5, 5.41) is 3.56. The lowest BCUT2D eigenvalue weighted by molar-refractivity contribution is -0.139. The zero-order valence-electron chi connectivity index (χ0n) is 23.2. The standard InChI is InChI=1S/C31H35BrClN3O4S/c1-22-11-17-29(18-12-22)41(39,40)36(28-15-13-26(33)14-16-28)21-30(37)35(20-24-7-6-8-25(32)19-24)23(2)31(38)34-27-9-4-3-5-10-27/h6-8,11-19,23,27H,3-5,9-10,20-21H2,1-2H3,(H,34,38). The fraction of sp³-hybridized carbons (Fsp3) is 0.355. The second kappa shape index (κ2) is 13.9. The van der Waals surface area contributed by atoms with E-state index in [-0.39, 0.29) is 23.4 Å². The molecule has 1 saturated carbocycles. The van der Waals surface area contributed by atoms with Crippen molar-refractivity contribution in [2.75, 3.05) is 10.8 Å². The average Bonchev–Trinajstić information content (AvgIpc) is 2.95. The quantitative estimate of drug-likeness (QED) is 0.270.